The van der Waals surface area contributed by atoms with Crippen molar-refractivity contribution in [3.63, 3.8) is 0 Å². The summed E-state index contributed by atoms with van der Waals surface area (Å²) in [5.74, 6) is 0. The number of pyridine rings is 1. The highest BCUT2D eigenvalue weighted by Gasteiger charge is 1.97. The predicted molar refractivity (Wildman–Crippen MR) is 63.7 cm³/mol. The van der Waals surface area contributed by atoms with Crippen LogP contribution in [0.5, 0.6) is 0 Å². The van der Waals surface area contributed by atoms with E-state index < -0.39 is 0 Å². The molecule has 0 saturated carbocycles. The summed E-state index contributed by atoms with van der Waals surface area (Å²) >= 11 is 0. The Morgan fingerprint density at radius 2 is 1.80 bits per heavy atom. The van der Waals surface area contributed by atoms with Gasteiger partial charge in [0.15, 0.2) is 0 Å². The van der Waals surface area contributed by atoms with Crippen LogP contribution >= 0.6 is 0 Å². The van der Waals surface area contributed by atoms with Gasteiger partial charge in [0.1, 0.15) is 0 Å². The first-order valence-electron chi connectivity index (χ1n) is 5.40. The SMILES string of the molecule is CCCc1ccc(-c2ccccc2)nc1. The number of aromatic nitrogens is 1. The van der Waals surface area contributed by atoms with Crippen LogP contribution in [0.1, 0.15) is 18.9 Å². The van der Waals surface area contributed by atoms with E-state index in [0.717, 1.165) is 12.1 Å². The predicted octanol–water partition coefficient (Wildman–Crippen LogP) is 3.70. The number of hydrogen-bond acceptors (Lipinski definition) is 1. The number of benzene rings is 1. The largest absolute Gasteiger partial charge is 0.256 e. The van der Waals surface area contributed by atoms with Gasteiger partial charge in [0.2, 0.25) is 0 Å². The van der Waals surface area contributed by atoms with Crippen LogP contribution < -0.4 is 0 Å². The lowest BCUT2D eigenvalue weighted by atomic mass is 10.1. The molecular weight excluding hydrogens is 182 g/mol. The lowest BCUT2D eigenvalue weighted by Gasteiger charge is -2.02. The number of rotatable bonds is 3. The zero-order valence-electron chi connectivity index (χ0n) is 8.98. The molecule has 0 N–H and O–H groups in total. The van der Waals surface area contributed by atoms with Gasteiger partial charge in [0, 0.05) is 11.8 Å². The van der Waals surface area contributed by atoms with Crippen LogP contribution in [-0.4, -0.2) is 4.98 Å². The molecule has 0 aliphatic rings. The summed E-state index contributed by atoms with van der Waals surface area (Å²) < 4.78 is 0. The summed E-state index contributed by atoms with van der Waals surface area (Å²) in [6, 6.07) is 14.5. The monoisotopic (exact) mass is 197 g/mol. The molecule has 0 spiro atoms. The average molecular weight is 197 g/mol. The molecule has 1 heteroatoms. The van der Waals surface area contributed by atoms with Crippen LogP contribution in [0.4, 0.5) is 0 Å². The minimum absolute atomic E-state index is 1.05. The molecule has 0 fully saturated rings. The fraction of sp³-hybridized carbons (Fsp3) is 0.214. The van der Waals surface area contributed by atoms with Gasteiger partial charge in [-0.25, -0.2) is 0 Å². The van der Waals surface area contributed by atoms with E-state index in [4.69, 9.17) is 0 Å². The van der Waals surface area contributed by atoms with Gasteiger partial charge in [-0.3, -0.25) is 4.98 Å². The van der Waals surface area contributed by atoms with E-state index in [9.17, 15) is 0 Å². The van der Waals surface area contributed by atoms with Crippen molar-refractivity contribution in [2.75, 3.05) is 0 Å². The van der Waals surface area contributed by atoms with Crippen LogP contribution in [0.25, 0.3) is 11.3 Å². The zero-order chi connectivity index (χ0) is 10.5. The Labute approximate surface area is 90.8 Å². The highest BCUT2D eigenvalue weighted by atomic mass is 14.7. The maximum Gasteiger partial charge on any atom is 0.0702 e. The summed E-state index contributed by atoms with van der Waals surface area (Å²) in [6.07, 6.45) is 4.26. The Morgan fingerprint density at radius 1 is 1.00 bits per heavy atom. The Kier molecular flexibility index (Phi) is 3.13. The summed E-state index contributed by atoms with van der Waals surface area (Å²) in [7, 11) is 0. The van der Waals surface area contributed by atoms with E-state index in [1.54, 1.807) is 0 Å². The van der Waals surface area contributed by atoms with Gasteiger partial charge in [0.05, 0.1) is 5.69 Å². The summed E-state index contributed by atoms with van der Waals surface area (Å²) in [5.41, 5.74) is 3.55. The average Bonchev–Trinajstić information content (AvgIpc) is 2.32. The van der Waals surface area contributed by atoms with E-state index in [0.29, 0.717) is 0 Å². The fourth-order valence-corrected chi connectivity index (χ4v) is 1.64. The van der Waals surface area contributed by atoms with E-state index >= 15 is 0 Å². The van der Waals surface area contributed by atoms with E-state index in [-0.39, 0.29) is 0 Å². The lowest BCUT2D eigenvalue weighted by Crippen LogP contribution is -1.87. The van der Waals surface area contributed by atoms with Crippen molar-refractivity contribution in [2.24, 2.45) is 0 Å². The topological polar surface area (TPSA) is 12.9 Å². The second kappa shape index (κ2) is 4.74. The normalized spacial score (nSPS) is 10.2. The van der Waals surface area contributed by atoms with Gasteiger partial charge in [-0.15, -0.1) is 0 Å². The summed E-state index contributed by atoms with van der Waals surface area (Å²) in [6.45, 7) is 2.19. The Bertz CT molecular complexity index is 403. The van der Waals surface area contributed by atoms with Crippen molar-refractivity contribution in [2.45, 2.75) is 19.8 Å². The molecule has 0 aliphatic heterocycles. The third kappa shape index (κ3) is 2.44. The van der Waals surface area contributed by atoms with Crippen LogP contribution in [0.2, 0.25) is 0 Å². The van der Waals surface area contributed by atoms with Crippen LogP contribution in [0.3, 0.4) is 0 Å². The van der Waals surface area contributed by atoms with Gasteiger partial charge >= 0.3 is 0 Å². The Balaban J connectivity index is 2.24. The minimum Gasteiger partial charge on any atom is -0.256 e. The van der Waals surface area contributed by atoms with Crippen LogP contribution in [0, 0.1) is 0 Å². The maximum absolute atomic E-state index is 4.47. The molecule has 2 aromatic rings. The molecule has 0 aliphatic carbocycles. The van der Waals surface area contributed by atoms with Crippen molar-refractivity contribution in [1.29, 1.82) is 0 Å². The number of aryl methyl sites for hydroxylation is 1. The standard InChI is InChI=1S/C14H15N/c1-2-6-12-9-10-14(15-11-12)13-7-4-3-5-8-13/h3-5,7-11H,2,6H2,1H3. The second-order valence-corrected chi connectivity index (χ2v) is 3.67. The molecule has 0 atom stereocenters. The van der Waals surface area contributed by atoms with Gasteiger partial charge < -0.3 is 0 Å². The van der Waals surface area contributed by atoms with Crippen LogP contribution in [-0.2, 0) is 6.42 Å². The van der Waals surface area contributed by atoms with Crippen molar-refractivity contribution in [3.8, 4) is 11.3 Å². The smallest absolute Gasteiger partial charge is 0.0702 e. The fourth-order valence-electron chi connectivity index (χ4n) is 1.64. The summed E-state index contributed by atoms with van der Waals surface area (Å²) in [5, 5.41) is 0. The van der Waals surface area contributed by atoms with E-state index in [1.165, 1.54) is 17.5 Å². The van der Waals surface area contributed by atoms with Crippen LogP contribution in [0.15, 0.2) is 48.7 Å². The second-order valence-electron chi connectivity index (χ2n) is 3.67. The molecule has 1 heterocycles. The van der Waals surface area contributed by atoms with E-state index in [2.05, 4.69) is 36.2 Å². The molecule has 76 valence electrons. The van der Waals surface area contributed by atoms with Crippen molar-refractivity contribution >= 4 is 0 Å². The first-order valence-corrected chi connectivity index (χ1v) is 5.40. The molecule has 0 saturated heterocycles. The molecule has 1 nitrogen and oxygen atoms in total. The Hall–Kier alpha value is -1.63. The highest BCUT2D eigenvalue weighted by Crippen LogP contribution is 2.16. The lowest BCUT2D eigenvalue weighted by molar-refractivity contribution is 0.914. The summed E-state index contributed by atoms with van der Waals surface area (Å²) in [4.78, 5) is 4.47. The first-order chi connectivity index (χ1) is 7.40. The first kappa shape index (κ1) is 9.91. The molecule has 15 heavy (non-hydrogen) atoms. The maximum atomic E-state index is 4.47. The van der Waals surface area contributed by atoms with Gasteiger partial charge in [-0.1, -0.05) is 49.7 Å². The van der Waals surface area contributed by atoms with Gasteiger partial charge in [-0.2, -0.15) is 0 Å². The molecule has 1 aromatic heterocycles. The third-order valence-electron chi connectivity index (χ3n) is 2.43. The molecular formula is C14H15N. The number of hydrogen-bond donors (Lipinski definition) is 0. The molecule has 2 rings (SSSR count). The zero-order valence-corrected chi connectivity index (χ0v) is 8.98. The van der Waals surface area contributed by atoms with E-state index in [1.807, 2.05) is 24.4 Å². The Morgan fingerprint density at radius 3 is 2.40 bits per heavy atom. The van der Waals surface area contributed by atoms with Gasteiger partial charge in [0.25, 0.3) is 0 Å². The highest BCUT2D eigenvalue weighted by molar-refractivity contribution is 5.58. The van der Waals surface area contributed by atoms with Gasteiger partial charge in [-0.05, 0) is 18.1 Å². The minimum atomic E-state index is 1.05. The molecule has 0 bridgehead atoms. The number of nitrogens with zero attached hydrogens (tertiary/aromatic N) is 1. The van der Waals surface area contributed by atoms with Crippen molar-refractivity contribution in [1.82, 2.24) is 4.98 Å². The molecule has 0 radical (unpaired) electrons. The molecule has 1 aromatic carbocycles. The van der Waals surface area contributed by atoms with Crippen molar-refractivity contribution < 1.29 is 0 Å². The third-order valence-corrected chi connectivity index (χ3v) is 2.43. The van der Waals surface area contributed by atoms with Crippen molar-refractivity contribution in [3.05, 3.63) is 54.2 Å². The quantitative estimate of drug-likeness (QED) is 0.731. The molecule has 0 unspecified atom stereocenters. The molecule has 0 amide bonds.